The van der Waals surface area contributed by atoms with Gasteiger partial charge in [-0.2, -0.15) is 0 Å². The molecule has 2 rings (SSSR count). The third-order valence-corrected chi connectivity index (χ3v) is 1.82. The van der Waals surface area contributed by atoms with Crippen molar-refractivity contribution in [3.63, 3.8) is 0 Å². The smallest absolute Gasteiger partial charge is 0.115 e. The lowest BCUT2D eigenvalue weighted by molar-refractivity contribution is 0.839. The molecule has 0 saturated heterocycles. The average Bonchev–Trinajstić information content (AvgIpc) is 2.71. The van der Waals surface area contributed by atoms with E-state index in [4.69, 9.17) is 5.73 Å². The fraction of sp³-hybridized carbons (Fsp3) is 0.0909. The van der Waals surface area contributed by atoms with E-state index in [1.54, 1.807) is 30.9 Å². The van der Waals surface area contributed by atoms with Crippen molar-refractivity contribution in [2.75, 3.05) is 5.73 Å². The molecule has 2 aromatic heterocycles. The van der Waals surface area contributed by atoms with Gasteiger partial charge in [-0.25, -0.2) is 9.97 Å². The maximum absolute atomic E-state index is 5.60. The second-order valence-corrected chi connectivity index (χ2v) is 3.01. The van der Waals surface area contributed by atoms with Crippen molar-refractivity contribution >= 4 is 5.69 Å². The number of nitrogens with zero attached hydrogens (tertiary/aromatic N) is 3. The van der Waals surface area contributed by atoms with Crippen LogP contribution < -0.4 is 5.73 Å². The zero-order valence-electron chi connectivity index (χ0n) is 8.09. The highest BCUT2D eigenvalue weighted by atomic mass is 15.0. The zero-order chi connectivity index (χ0) is 10.5. The Hall–Kier alpha value is -2.28. The highest BCUT2D eigenvalue weighted by Gasteiger charge is 1.88. The first-order valence-corrected chi connectivity index (χ1v) is 4.51. The van der Waals surface area contributed by atoms with Gasteiger partial charge in [0.1, 0.15) is 5.69 Å². The van der Waals surface area contributed by atoms with Crippen molar-refractivity contribution in [3.05, 3.63) is 42.7 Å². The highest BCUT2D eigenvalue weighted by Crippen LogP contribution is 2.00. The highest BCUT2D eigenvalue weighted by molar-refractivity contribution is 5.42. The molecule has 0 saturated carbocycles. The number of pyridine rings is 1. The second-order valence-electron chi connectivity index (χ2n) is 3.01. The number of rotatable bonds is 1. The maximum atomic E-state index is 5.60. The molecule has 4 nitrogen and oxygen atoms in total. The van der Waals surface area contributed by atoms with Crippen molar-refractivity contribution < 1.29 is 0 Å². The average molecular weight is 198 g/mol. The molecule has 2 aromatic rings. The van der Waals surface area contributed by atoms with Crippen LogP contribution in [-0.4, -0.2) is 14.5 Å². The molecule has 0 aliphatic rings. The molecule has 0 amide bonds. The van der Waals surface area contributed by atoms with Crippen LogP contribution in [0.1, 0.15) is 5.69 Å². The third-order valence-electron chi connectivity index (χ3n) is 1.82. The zero-order valence-corrected chi connectivity index (χ0v) is 8.09. The molecule has 0 aliphatic carbocycles. The topological polar surface area (TPSA) is 56.7 Å². The lowest BCUT2D eigenvalue weighted by Gasteiger charge is -1.92. The molecule has 0 spiro atoms. The van der Waals surface area contributed by atoms with Crippen LogP contribution in [-0.2, 0) is 6.54 Å². The molecule has 74 valence electrons. The molecule has 4 heteroatoms. The fourth-order valence-corrected chi connectivity index (χ4v) is 1.12. The summed E-state index contributed by atoms with van der Waals surface area (Å²) in [5, 5.41) is 0. The maximum Gasteiger partial charge on any atom is 0.115 e. The van der Waals surface area contributed by atoms with Crippen LogP contribution in [0.5, 0.6) is 0 Å². The van der Waals surface area contributed by atoms with Gasteiger partial charge < -0.3 is 10.3 Å². The summed E-state index contributed by atoms with van der Waals surface area (Å²) >= 11 is 0. The summed E-state index contributed by atoms with van der Waals surface area (Å²) < 4.78 is 1.89. The Morgan fingerprint density at radius 2 is 2.33 bits per heavy atom. The summed E-state index contributed by atoms with van der Waals surface area (Å²) in [6.07, 6.45) is 6.96. The van der Waals surface area contributed by atoms with Gasteiger partial charge in [0.2, 0.25) is 0 Å². The number of imidazole rings is 1. The molecule has 2 N–H and O–H groups in total. The van der Waals surface area contributed by atoms with Crippen molar-refractivity contribution in [2.45, 2.75) is 6.54 Å². The minimum Gasteiger partial charge on any atom is -0.399 e. The summed E-state index contributed by atoms with van der Waals surface area (Å²) in [6.45, 7) is 0.608. The van der Waals surface area contributed by atoms with E-state index in [0.717, 1.165) is 0 Å². The van der Waals surface area contributed by atoms with Crippen molar-refractivity contribution in [3.8, 4) is 11.8 Å². The van der Waals surface area contributed by atoms with Crippen LogP contribution >= 0.6 is 0 Å². The number of nitrogens with two attached hydrogens (primary N) is 1. The number of hydrogen-bond donors (Lipinski definition) is 1. The van der Waals surface area contributed by atoms with E-state index in [-0.39, 0.29) is 0 Å². The van der Waals surface area contributed by atoms with Crippen LogP contribution in [0.3, 0.4) is 0 Å². The summed E-state index contributed by atoms with van der Waals surface area (Å²) in [7, 11) is 0. The van der Waals surface area contributed by atoms with Crippen LogP contribution in [0.2, 0.25) is 0 Å². The summed E-state index contributed by atoms with van der Waals surface area (Å²) in [4.78, 5) is 8.00. The van der Waals surface area contributed by atoms with Gasteiger partial charge in [-0.3, -0.25) is 0 Å². The van der Waals surface area contributed by atoms with Crippen LogP contribution in [0, 0.1) is 11.8 Å². The molecule has 15 heavy (non-hydrogen) atoms. The van der Waals surface area contributed by atoms with Gasteiger partial charge >= 0.3 is 0 Å². The Balaban J connectivity index is 2.06. The van der Waals surface area contributed by atoms with E-state index in [1.165, 1.54) is 0 Å². The quantitative estimate of drug-likeness (QED) is 0.693. The first kappa shape index (κ1) is 9.28. The minimum atomic E-state index is 0.608. The van der Waals surface area contributed by atoms with Crippen molar-refractivity contribution in [1.29, 1.82) is 0 Å². The molecule has 0 aliphatic heterocycles. The molecular weight excluding hydrogens is 188 g/mol. The number of hydrogen-bond acceptors (Lipinski definition) is 3. The SMILES string of the molecule is Nc1ccnc(C#CCn2ccnc2)c1. The lowest BCUT2D eigenvalue weighted by Crippen LogP contribution is -1.91. The van der Waals surface area contributed by atoms with E-state index >= 15 is 0 Å². The Labute approximate surface area is 87.8 Å². The van der Waals surface area contributed by atoms with Crippen molar-refractivity contribution in [2.24, 2.45) is 0 Å². The molecule has 0 bridgehead atoms. The predicted octanol–water partition coefficient (Wildman–Crippen LogP) is 0.912. The molecule has 2 heterocycles. The van der Waals surface area contributed by atoms with Gasteiger partial charge in [0.25, 0.3) is 0 Å². The Bertz CT molecular complexity index is 491. The molecule has 0 fully saturated rings. The number of nitrogen functional groups attached to an aromatic ring is 1. The van der Waals surface area contributed by atoms with E-state index in [0.29, 0.717) is 17.9 Å². The van der Waals surface area contributed by atoms with Gasteiger partial charge in [-0.15, -0.1) is 0 Å². The number of anilines is 1. The van der Waals surface area contributed by atoms with E-state index in [1.807, 2.05) is 10.8 Å². The fourth-order valence-electron chi connectivity index (χ4n) is 1.12. The van der Waals surface area contributed by atoms with Gasteiger partial charge in [0, 0.05) is 24.3 Å². The van der Waals surface area contributed by atoms with E-state index in [2.05, 4.69) is 21.8 Å². The largest absolute Gasteiger partial charge is 0.399 e. The van der Waals surface area contributed by atoms with Crippen LogP contribution in [0.15, 0.2) is 37.1 Å². The first-order chi connectivity index (χ1) is 7.34. The van der Waals surface area contributed by atoms with E-state index < -0.39 is 0 Å². The van der Waals surface area contributed by atoms with Crippen LogP contribution in [0.4, 0.5) is 5.69 Å². The summed E-state index contributed by atoms with van der Waals surface area (Å²) in [5.74, 6) is 5.92. The molecule has 0 radical (unpaired) electrons. The third kappa shape index (κ3) is 2.58. The Morgan fingerprint density at radius 3 is 3.07 bits per heavy atom. The van der Waals surface area contributed by atoms with Crippen molar-refractivity contribution in [1.82, 2.24) is 14.5 Å². The van der Waals surface area contributed by atoms with Gasteiger partial charge in [-0.1, -0.05) is 5.92 Å². The van der Waals surface area contributed by atoms with Gasteiger partial charge in [0.05, 0.1) is 12.9 Å². The lowest BCUT2D eigenvalue weighted by atomic mass is 10.3. The molecule has 0 unspecified atom stereocenters. The number of aromatic nitrogens is 3. The Morgan fingerprint density at radius 1 is 1.40 bits per heavy atom. The normalized spacial score (nSPS) is 9.33. The first-order valence-electron chi connectivity index (χ1n) is 4.51. The summed E-state index contributed by atoms with van der Waals surface area (Å²) in [6, 6.07) is 3.49. The second kappa shape index (κ2) is 4.29. The molecule has 0 aromatic carbocycles. The van der Waals surface area contributed by atoms with Gasteiger partial charge in [0.15, 0.2) is 0 Å². The Kier molecular flexibility index (Phi) is 2.65. The standard InChI is InChI=1S/C11H10N4/c12-10-3-4-14-11(8-10)2-1-6-15-7-5-13-9-15/h3-5,7-9H,6H2,(H2,12,14). The van der Waals surface area contributed by atoms with Gasteiger partial charge in [-0.05, 0) is 18.1 Å². The van der Waals surface area contributed by atoms with E-state index in [9.17, 15) is 0 Å². The molecule has 0 atom stereocenters. The monoisotopic (exact) mass is 198 g/mol. The van der Waals surface area contributed by atoms with Crippen LogP contribution in [0.25, 0.3) is 0 Å². The summed E-state index contributed by atoms with van der Waals surface area (Å²) in [5.41, 5.74) is 6.97. The minimum absolute atomic E-state index is 0.608. The predicted molar refractivity (Wildman–Crippen MR) is 57.8 cm³/mol. The molecular formula is C11H10N4.